The van der Waals surface area contributed by atoms with Crippen molar-refractivity contribution < 1.29 is 4.74 Å². The van der Waals surface area contributed by atoms with Crippen molar-refractivity contribution in [2.45, 2.75) is 0 Å². The molecule has 1 heterocycles. The third-order valence-electron chi connectivity index (χ3n) is 3.87. The Balaban J connectivity index is 1.94. The summed E-state index contributed by atoms with van der Waals surface area (Å²) in [6, 6.07) is 25.9. The molecular formula is C19H16AsNO. The van der Waals surface area contributed by atoms with Crippen molar-refractivity contribution in [3.8, 4) is 5.75 Å². The van der Waals surface area contributed by atoms with Crippen molar-refractivity contribution in [1.29, 1.82) is 0 Å². The minimum absolute atomic E-state index is 0.931. The van der Waals surface area contributed by atoms with Gasteiger partial charge in [-0.3, -0.25) is 0 Å². The topological polar surface area (TPSA) is 21.3 Å². The first kappa shape index (κ1) is 13.5. The molecule has 22 heavy (non-hydrogen) atoms. The van der Waals surface area contributed by atoms with Gasteiger partial charge in [0.05, 0.1) is 0 Å². The SMILES string of the molecule is COc1cccc([As]2c3ccccc3Nc3ccccc32)c1. The standard InChI is InChI=1S/C19H16AsNO/c1-22-15-8-6-7-14(13-15)20-16-9-2-4-11-18(16)21-19-12-5-3-10-17(19)20/h2-13,21H,1H3. The number of anilines is 2. The number of para-hydroxylation sites is 2. The van der Waals surface area contributed by atoms with Crippen LogP contribution in [0.25, 0.3) is 0 Å². The molecule has 0 unspecified atom stereocenters. The van der Waals surface area contributed by atoms with Crippen molar-refractivity contribution in [3.05, 3.63) is 72.8 Å². The monoisotopic (exact) mass is 349 g/mol. The molecule has 0 bridgehead atoms. The Labute approximate surface area is 135 Å². The number of methoxy groups -OCH3 is 1. The van der Waals surface area contributed by atoms with Gasteiger partial charge in [0.25, 0.3) is 0 Å². The van der Waals surface area contributed by atoms with Crippen LogP contribution in [0.3, 0.4) is 0 Å². The van der Waals surface area contributed by atoms with Crippen molar-refractivity contribution in [2.75, 3.05) is 12.4 Å². The van der Waals surface area contributed by atoms with Crippen LogP contribution in [0.15, 0.2) is 72.8 Å². The fraction of sp³-hybridized carbons (Fsp3) is 0.0526. The molecule has 0 fully saturated rings. The predicted octanol–water partition coefficient (Wildman–Crippen LogP) is 2.27. The molecule has 0 radical (unpaired) electrons. The molecule has 4 rings (SSSR count). The molecule has 0 aromatic heterocycles. The third kappa shape index (κ3) is 2.20. The van der Waals surface area contributed by atoms with E-state index in [2.05, 4.69) is 72.0 Å². The van der Waals surface area contributed by atoms with Gasteiger partial charge in [0.2, 0.25) is 0 Å². The number of ether oxygens (including phenoxy) is 1. The van der Waals surface area contributed by atoms with E-state index in [1.165, 1.54) is 24.4 Å². The molecule has 0 aliphatic carbocycles. The summed E-state index contributed by atoms with van der Waals surface area (Å²) in [4.78, 5) is 0. The zero-order chi connectivity index (χ0) is 14.9. The van der Waals surface area contributed by atoms with Crippen molar-refractivity contribution >= 4 is 39.1 Å². The van der Waals surface area contributed by atoms with Gasteiger partial charge >= 0.3 is 135 Å². The van der Waals surface area contributed by atoms with Gasteiger partial charge in [-0.05, 0) is 0 Å². The van der Waals surface area contributed by atoms with E-state index in [0.29, 0.717) is 0 Å². The zero-order valence-corrected chi connectivity index (χ0v) is 14.2. The van der Waals surface area contributed by atoms with E-state index in [0.717, 1.165) is 5.75 Å². The fourth-order valence-corrected chi connectivity index (χ4v) is 8.14. The Bertz CT molecular complexity index is 785. The van der Waals surface area contributed by atoms with E-state index in [4.69, 9.17) is 4.74 Å². The van der Waals surface area contributed by atoms with Gasteiger partial charge in [-0.2, -0.15) is 0 Å². The molecule has 0 saturated heterocycles. The second-order valence-corrected chi connectivity index (χ2v) is 9.71. The van der Waals surface area contributed by atoms with Crippen molar-refractivity contribution in [3.63, 3.8) is 0 Å². The molecule has 1 N–H and O–H groups in total. The van der Waals surface area contributed by atoms with Gasteiger partial charge in [0.1, 0.15) is 0 Å². The van der Waals surface area contributed by atoms with Gasteiger partial charge in [-0.1, -0.05) is 0 Å². The molecule has 3 aromatic rings. The van der Waals surface area contributed by atoms with Crippen LogP contribution in [0.2, 0.25) is 0 Å². The summed E-state index contributed by atoms with van der Waals surface area (Å²) < 4.78 is 9.72. The first-order chi connectivity index (χ1) is 10.9. The fourth-order valence-electron chi connectivity index (χ4n) is 2.85. The van der Waals surface area contributed by atoms with E-state index in [1.807, 2.05) is 6.07 Å². The van der Waals surface area contributed by atoms with E-state index in [1.54, 1.807) is 7.11 Å². The van der Waals surface area contributed by atoms with Crippen LogP contribution >= 0.6 is 0 Å². The molecular weight excluding hydrogens is 333 g/mol. The summed E-state index contributed by atoms with van der Waals surface area (Å²) in [5.74, 6) is 0.931. The first-order valence-electron chi connectivity index (χ1n) is 7.26. The molecule has 0 spiro atoms. The molecule has 3 aromatic carbocycles. The Morgan fingerprint density at radius 3 is 2.05 bits per heavy atom. The number of fused-ring (bicyclic) bond motifs is 2. The van der Waals surface area contributed by atoms with Crippen LogP contribution < -0.4 is 23.1 Å². The summed E-state index contributed by atoms with van der Waals surface area (Å²) >= 11 is -1.55. The van der Waals surface area contributed by atoms with Gasteiger partial charge < -0.3 is 0 Å². The Hall–Kier alpha value is -2.18. The molecule has 3 heteroatoms. The second-order valence-electron chi connectivity index (χ2n) is 5.20. The Morgan fingerprint density at radius 1 is 0.773 bits per heavy atom. The number of rotatable bonds is 2. The van der Waals surface area contributed by atoms with Gasteiger partial charge in [-0.25, -0.2) is 0 Å². The number of hydrogen-bond donors (Lipinski definition) is 1. The van der Waals surface area contributed by atoms with Crippen LogP contribution in [0.1, 0.15) is 0 Å². The number of benzene rings is 3. The summed E-state index contributed by atoms with van der Waals surface area (Å²) in [5.41, 5.74) is 2.48. The summed E-state index contributed by atoms with van der Waals surface area (Å²) in [5, 5.41) is 3.57. The number of hydrogen-bond acceptors (Lipinski definition) is 2. The van der Waals surface area contributed by atoms with Crippen LogP contribution in [-0.4, -0.2) is 21.8 Å². The van der Waals surface area contributed by atoms with Crippen molar-refractivity contribution in [2.24, 2.45) is 0 Å². The maximum atomic E-state index is 5.43. The van der Waals surface area contributed by atoms with Crippen molar-refractivity contribution in [1.82, 2.24) is 0 Å². The first-order valence-corrected chi connectivity index (χ1v) is 10.1. The zero-order valence-electron chi connectivity index (χ0n) is 12.3. The van der Waals surface area contributed by atoms with Crippen LogP contribution in [0.5, 0.6) is 5.75 Å². The number of nitrogens with one attached hydrogen (secondary N) is 1. The predicted molar refractivity (Wildman–Crippen MR) is 93.8 cm³/mol. The van der Waals surface area contributed by atoms with Crippen LogP contribution in [0, 0.1) is 0 Å². The summed E-state index contributed by atoms with van der Waals surface area (Å²) in [6.07, 6.45) is 0. The Morgan fingerprint density at radius 2 is 1.41 bits per heavy atom. The van der Waals surface area contributed by atoms with Crippen LogP contribution in [-0.2, 0) is 0 Å². The second kappa shape index (κ2) is 5.55. The minimum atomic E-state index is -1.55. The average molecular weight is 349 g/mol. The molecule has 2 nitrogen and oxygen atoms in total. The van der Waals surface area contributed by atoms with Gasteiger partial charge in [-0.15, -0.1) is 0 Å². The Kier molecular flexibility index (Phi) is 3.40. The average Bonchev–Trinajstić information content (AvgIpc) is 2.59. The van der Waals surface area contributed by atoms with Gasteiger partial charge in [0, 0.05) is 0 Å². The molecule has 0 atom stereocenters. The molecule has 1 aliphatic rings. The van der Waals surface area contributed by atoms with E-state index >= 15 is 0 Å². The molecule has 0 saturated carbocycles. The van der Waals surface area contributed by atoms with E-state index < -0.39 is 14.7 Å². The molecule has 0 amide bonds. The third-order valence-corrected chi connectivity index (χ3v) is 9.20. The van der Waals surface area contributed by atoms with Crippen LogP contribution in [0.4, 0.5) is 11.4 Å². The molecule has 108 valence electrons. The quantitative estimate of drug-likeness (QED) is 0.561. The van der Waals surface area contributed by atoms with E-state index in [-0.39, 0.29) is 0 Å². The normalized spacial score (nSPS) is 13.0. The maximum absolute atomic E-state index is 5.43. The van der Waals surface area contributed by atoms with E-state index in [9.17, 15) is 0 Å². The van der Waals surface area contributed by atoms with Gasteiger partial charge in [0.15, 0.2) is 0 Å². The summed E-state index contributed by atoms with van der Waals surface area (Å²) in [6.45, 7) is 0. The molecule has 1 aliphatic heterocycles. The summed E-state index contributed by atoms with van der Waals surface area (Å²) in [7, 11) is 1.73.